The first-order valence-electron chi connectivity index (χ1n) is 12.4. The topological polar surface area (TPSA) is 46.3 Å². The van der Waals surface area contributed by atoms with Gasteiger partial charge in [-0.2, -0.15) is 0 Å². The summed E-state index contributed by atoms with van der Waals surface area (Å²) in [6, 6.07) is 40.8. The molecule has 0 spiro atoms. The van der Waals surface area contributed by atoms with E-state index in [9.17, 15) is 4.79 Å². The third-order valence-corrected chi connectivity index (χ3v) is 6.35. The Balaban J connectivity index is 1.59. The van der Waals surface area contributed by atoms with Gasteiger partial charge in [0.05, 0.1) is 6.04 Å². The summed E-state index contributed by atoms with van der Waals surface area (Å²) in [6.07, 6.45) is 1.71. The van der Waals surface area contributed by atoms with Crippen LogP contribution in [0.5, 0.6) is 0 Å². The maximum Gasteiger partial charge on any atom is 0.151 e. The molecule has 0 aliphatic carbocycles. The summed E-state index contributed by atoms with van der Waals surface area (Å²) in [5, 5.41) is 0. The predicted octanol–water partition coefficient (Wildman–Crippen LogP) is 5.83. The predicted molar refractivity (Wildman–Crippen MR) is 144 cm³/mol. The van der Waals surface area contributed by atoms with E-state index >= 15 is 0 Å². The smallest absolute Gasteiger partial charge is 0.151 e. The van der Waals surface area contributed by atoms with Gasteiger partial charge in [0, 0.05) is 25.6 Å². The van der Waals surface area contributed by atoms with E-state index in [1.54, 1.807) is 0 Å². The first-order chi connectivity index (χ1) is 17.2. The number of nitrogens with zero attached hydrogens (tertiary/aromatic N) is 1. The summed E-state index contributed by atoms with van der Waals surface area (Å²) in [5.74, 6) is 0.198. The second kappa shape index (κ2) is 12.8. The van der Waals surface area contributed by atoms with Crippen LogP contribution in [0.15, 0.2) is 121 Å². The summed E-state index contributed by atoms with van der Waals surface area (Å²) in [4.78, 5) is 16.2. The molecular weight excluding hydrogens is 428 g/mol. The zero-order chi connectivity index (χ0) is 24.3. The van der Waals surface area contributed by atoms with Gasteiger partial charge in [-0.1, -0.05) is 121 Å². The van der Waals surface area contributed by atoms with Gasteiger partial charge in [0.25, 0.3) is 0 Å². The largest absolute Gasteiger partial charge is 0.327 e. The standard InChI is InChI=1S/C32H34N2O/c33-30(21-26-13-5-1-6-14-26)23-32(35)31(22-27-15-7-2-8-16-27)34(24-28-17-9-3-10-18-28)25-29-19-11-4-12-20-29/h1-20,30-31H,21-25,33H2. The second-order valence-corrected chi connectivity index (χ2v) is 9.20. The first kappa shape index (κ1) is 24.6. The Kier molecular flexibility index (Phi) is 8.99. The molecule has 35 heavy (non-hydrogen) atoms. The average molecular weight is 463 g/mol. The number of nitrogens with two attached hydrogens (primary N) is 1. The highest BCUT2D eigenvalue weighted by Gasteiger charge is 2.28. The molecule has 0 radical (unpaired) electrons. The third-order valence-electron chi connectivity index (χ3n) is 6.35. The highest BCUT2D eigenvalue weighted by molar-refractivity contribution is 5.85. The van der Waals surface area contributed by atoms with Crippen LogP contribution in [0.2, 0.25) is 0 Å². The first-order valence-corrected chi connectivity index (χ1v) is 12.4. The van der Waals surface area contributed by atoms with Gasteiger partial charge in [-0.25, -0.2) is 0 Å². The van der Waals surface area contributed by atoms with Crippen LogP contribution >= 0.6 is 0 Å². The molecule has 2 atom stereocenters. The zero-order valence-electron chi connectivity index (χ0n) is 20.2. The van der Waals surface area contributed by atoms with Crippen LogP contribution in [0.25, 0.3) is 0 Å². The number of carbonyl (C=O) groups is 1. The summed E-state index contributed by atoms with van der Waals surface area (Å²) >= 11 is 0. The van der Waals surface area contributed by atoms with Gasteiger partial charge in [0.15, 0.2) is 5.78 Å². The molecule has 0 fully saturated rings. The maximum atomic E-state index is 13.8. The normalized spacial score (nSPS) is 12.9. The Morgan fingerprint density at radius 3 is 1.37 bits per heavy atom. The molecule has 4 rings (SSSR count). The quantitative estimate of drug-likeness (QED) is 0.288. The fraction of sp³-hybridized carbons (Fsp3) is 0.219. The Bertz CT molecular complexity index is 1110. The number of ketones is 1. The maximum absolute atomic E-state index is 13.8. The minimum atomic E-state index is -0.264. The van der Waals surface area contributed by atoms with E-state index in [0.29, 0.717) is 32.4 Å². The second-order valence-electron chi connectivity index (χ2n) is 9.20. The molecule has 178 valence electrons. The lowest BCUT2D eigenvalue weighted by atomic mass is 9.93. The Morgan fingerprint density at radius 2 is 0.943 bits per heavy atom. The molecule has 0 aromatic heterocycles. The van der Waals surface area contributed by atoms with E-state index in [0.717, 1.165) is 11.1 Å². The fourth-order valence-corrected chi connectivity index (χ4v) is 4.58. The third kappa shape index (κ3) is 7.74. The molecule has 3 heteroatoms. The lowest BCUT2D eigenvalue weighted by Gasteiger charge is -2.32. The van der Waals surface area contributed by atoms with Crippen molar-refractivity contribution in [2.24, 2.45) is 5.73 Å². The van der Waals surface area contributed by atoms with Crippen LogP contribution in [-0.4, -0.2) is 22.8 Å². The molecule has 2 unspecified atom stereocenters. The molecule has 4 aromatic rings. The number of rotatable bonds is 12. The number of hydrogen-bond donors (Lipinski definition) is 1. The van der Waals surface area contributed by atoms with Crippen molar-refractivity contribution in [3.63, 3.8) is 0 Å². The van der Waals surface area contributed by atoms with Crippen LogP contribution < -0.4 is 5.73 Å². The molecule has 2 N–H and O–H groups in total. The SMILES string of the molecule is NC(CC(=O)C(Cc1ccccc1)N(Cc1ccccc1)Cc1ccccc1)Cc1ccccc1. The van der Waals surface area contributed by atoms with E-state index in [1.165, 1.54) is 11.1 Å². The van der Waals surface area contributed by atoms with Crippen molar-refractivity contribution < 1.29 is 4.79 Å². The molecule has 4 aromatic carbocycles. The lowest BCUT2D eigenvalue weighted by Crippen LogP contribution is -2.44. The molecule has 0 amide bonds. The molecule has 0 saturated carbocycles. The van der Waals surface area contributed by atoms with Crippen molar-refractivity contribution in [2.75, 3.05) is 0 Å². The summed E-state index contributed by atoms with van der Waals surface area (Å²) in [5.41, 5.74) is 11.2. The number of Topliss-reactive ketones (excluding diaryl/α,β-unsaturated/α-hetero) is 1. The highest BCUT2D eigenvalue weighted by atomic mass is 16.1. The van der Waals surface area contributed by atoms with E-state index in [1.807, 2.05) is 48.5 Å². The monoisotopic (exact) mass is 462 g/mol. The van der Waals surface area contributed by atoms with Crippen molar-refractivity contribution in [2.45, 2.75) is 44.4 Å². The van der Waals surface area contributed by atoms with Crippen LogP contribution in [-0.2, 0) is 30.7 Å². The van der Waals surface area contributed by atoms with E-state index < -0.39 is 0 Å². The lowest BCUT2D eigenvalue weighted by molar-refractivity contribution is -0.125. The summed E-state index contributed by atoms with van der Waals surface area (Å²) < 4.78 is 0. The molecular formula is C32H34N2O. The summed E-state index contributed by atoms with van der Waals surface area (Å²) in [6.45, 7) is 1.40. The van der Waals surface area contributed by atoms with Crippen LogP contribution in [0.4, 0.5) is 0 Å². The molecule has 0 bridgehead atoms. The van der Waals surface area contributed by atoms with Crippen molar-refractivity contribution in [1.29, 1.82) is 0 Å². The van der Waals surface area contributed by atoms with Crippen LogP contribution in [0, 0.1) is 0 Å². The van der Waals surface area contributed by atoms with Crippen molar-refractivity contribution in [3.8, 4) is 0 Å². The van der Waals surface area contributed by atoms with Gasteiger partial charge in [0.1, 0.15) is 0 Å². The molecule has 0 heterocycles. The average Bonchev–Trinajstić information content (AvgIpc) is 2.89. The molecule has 3 nitrogen and oxygen atoms in total. The minimum absolute atomic E-state index is 0.198. The number of hydrogen-bond acceptors (Lipinski definition) is 3. The molecule has 0 saturated heterocycles. The number of carbonyl (C=O) groups excluding carboxylic acids is 1. The van der Waals surface area contributed by atoms with Crippen molar-refractivity contribution in [3.05, 3.63) is 144 Å². The van der Waals surface area contributed by atoms with E-state index in [4.69, 9.17) is 5.73 Å². The Hall–Kier alpha value is -3.53. The molecule has 0 aliphatic heterocycles. The fourth-order valence-electron chi connectivity index (χ4n) is 4.58. The van der Waals surface area contributed by atoms with Gasteiger partial charge in [0.2, 0.25) is 0 Å². The zero-order valence-corrected chi connectivity index (χ0v) is 20.2. The van der Waals surface area contributed by atoms with Crippen LogP contribution in [0.1, 0.15) is 28.7 Å². The van der Waals surface area contributed by atoms with Crippen LogP contribution in [0.3, 0.4) is 0 Å². The Morgan fingerprint density at radius 1 is 0.571 bits per heavy atom. The van der Waals surface area contributed by atoms with E-state index in [-0.39, 0.29) is 17.9 Å². The van der Waals surface area contributed by atoms with Gasteiger partial charge in [-0.15, -0.1) is 0 Å². The van der Waals surface area contributed by atoms with Gasteiger partial charge < -0.3 is 5.73 Å². The summed E-state index contributed by atoms with van der Waals surface area (Å²) in [7, 11) is 0. The van der Waals surface area contributed by atoms with Gasteiger partial charge >= 0.3 is 0 Å². The van der Waals surface area contributed by atoms with Crippen molar-refractivity contribution >= 4 is 5.78 Å². The van der Waals surface area contributed by atoms with Gasteiger partial charge in [-0.3, -0.25) is 9.69 Å². The van der Waals surface area contributed by atoms with Gasteiger partial charge in [-0.05, 0) is 35.1 Å². The van der Waals surface area contributed by atoms with E-state index in [2.05, 4.69) is 77.7 Å². The Labute approximate surface area is 209 Å². The van der Waals surface area contributed by atoms with Crippen molar-refractivity contribution in [1.82, 2.24) is 4.90 Å². The highest BCUT2D eigenvalue weighted by Crippen LogP contribution is 2.20. The minimum Gasteiger partial charge on any atom is -0.327 e. The number of benzene rings is 4. The molecule has 0 aliphatic rings.